The van der Waals surface area contributed by atoms with Gasteiger partial charge in [0.05, 0.1) is 6.10 Å². The van der Waals surface area contributed by atoms with Crippen LogP contribution in [0.4, 0.5) is 5.69 Å². The number of amidine groups is 1. The van der Waals surface area contributed by atoms with E-state index in [1.54, 1.807) is 13.3 Å². The highest BCUT2D eigenvalue weighted by Crippen LogP contribution is 2.24. The summed E-state index contributed by atoms with van der Waals surface area (Å²) in [6, 6.07) is 3.82. The van der Waals surface area contributed by atoms with Crippen LogP contribution in [-0.2, 0) is 4.74 Å². The maximum Gasteiger partial charge on any atom is 0.141 e. The minimum atomic E-state index is 0.00511. The molecule has 2 heterocycles. The van der Waals surface area contributed by atoms with Gasteiger partial charge < -0.3 is 15.4 Å². The molecule has 2 atom stereocenters. The first-order valence-electron chi connectivity index (χ1n) is 6.20. The maximum atomic E-state index is 7.43. The van der Waals surface area contributed by atoms with Gasteiger partial charge in [-0.3, -0.25) is 10.4 Å². The van der Waals surface area contributed by atoms with Crippen LogP contribution in [0.3, 0.4) is 0 Å². The van der Waals surface area contributed by atoms with E-state index >= 15 is 0 Å². The third-order valence-corrected chi connectivity index (χ3v) is 3.58. The summed E-state index contributed by atoms with van der Waals surface area (Å²) in [5.41, 5.74) is 7.05. The normalized spacial score (nSPS) is 24.0. The maximum absolute atomic E-state index is 7.43. The number of nitrogens with two attached hydrogens (primary N) is 1. The highest BCUT2D eigenvalue weighted by atomic mass is 16.5. The molecule has 1 saturated heterocycles. The van der Waals surface area contributed by atoms with Crippen LogP contribution in [0.25, 0.3) is 0 Å². The van der Waals surface area contributed by atoms with E-state index < -0.39 is 0 Å². The summed E-state index contributed by atoms with van der Waals surface area (Å²) in [6.07, 6.45) is 3.06. The summed E-state index contributed by atoms with van der Waals surface area (Å²) in [7, 11) is 1.76. The van der Waals surface area contributed by atoms with Gasteiger partial charge in [-0.05, 0) is 24.5 Å². The Morgan fingerprint density at radius 1 is 1.61 bits per heavy atom. The Morgan fingerprint density at radius 3 is 3.06 bits per heavy atom. The number of anilines is 1. The third kappa shape index (κ3) is 2.61. The van der Waals surface area contributed by atoms with Crippen LogP contribution in [0.5, 0.6) is 0 Å². The van der Waals surface area contributed by atoms with Crippen molar-refractivity contribution in [3.63, 3.8) is 0 Å². The lowest BCUT2D eigenvalue weighted by Crippen LogP contribution is -2.44. The van der Waals surface area contributed by atoms with E-state index in [9.17, 15) is 0 Å². The number of hydrogen-bond donors (Lipinski definition) is 2. The molecule has 1 fully saturated rings. The van der Waals surface area contributed by atoms with E-state index in [1.807, 2.05) is 12.1 Å². The van der Waals surface area contributed by atoms with Crippen LogP contribution < -0.4 is 10.6 Å². The second-order valence-electron chi connectivity index (χ2n) is 4.80. The summed E-state index contributed by atoms with van der Waals surface area (Å²) in [6.45, 7) is 4.10. The number of nitrogens with one attached hydrogen (secondary N) is 1. The van der Waals surface area contributed by atoms with Gasteiger partial charge in [-0.2, -0.15) is 0 Å². The third-order valence-electron chi connectivity index (χ3n) is 3.58. The predicted octanol–water partition coefficient (Wildman–Crippen LogP) is 1.23. The molecule has 0 bridgehead atoms. The monoisotopic (exact) mass is 248 g/mol. The number of rotatable bonds is 3. The second-order valence-corrected chi connectivity index (χ2v) is 4.80. The van der Waals surface area contributed by atoms with Crippen molar-refractivity contribution in [1.82, 2.24) is 4.98 Å². The highest BCUT2D eigenvalue weighted by Gasteiger charge is 2.26. The van der Waals surface area contributed by atoms with E-state index in [2.05, 4.69) is 16.8 Å². The number of aromatic nitrogens is 1. The minimum Gasteiger partial charge on any atom is -0.382 e. The smallest absolute Gasteiger partial charge is 0.141 e. The second kappa shape index (κ2) is 5.35. The summed E-state index contributed by atoms with van der Waals surface area (Å²) in [5, 5.41) is 7.43. The average molecular weight is 248 g/mol. The summed E-state index contributed by atoms with van der Waals surface area (Å²) in [4.78, 5) is 6.35. The fraction of sp³-hybridized carbons (Fsp3) is 0.538. The number of methoxy groups -OCH3 is 1. The molecule has 0 saturated carbocycles. The summed E-state index contributed by atoms with van der Waals surface area (Å²) >= 11 is 0. The number of hydrogen-bond acceptors (Lipinski definition) is 4. The quantitative estimate of drug-likeness (QED) is 0.623. The van der Waals surface area contributed by atoms with E-state index in [0.717, 1.165) is 25.2 Å². The van der Waals surface area contributed by atoms with Crippen molar-refractivity contribution in [1.29, 1.82) is 5.41 Å². The Bertz CT molecular complexity index is 435. The molecule has 98 valence electrons. The van der Waals surface area contributed by atoms with E-state index in [0.29, 0.717) is 11.6 Å². The molecule has 0 amide bonds. The number of nitrogens with zero attached hydrogens (tertiary/aromatic N) is 2. The lowest BCUT2D eigenvalue weighted by molar-refractivity contribution is 0.0498. The van der Waals surface area contributed by atoms with Gasteiger partial charge in [0, 0.05) is 32.1 Å². The van der Waals surface area contributed by atoms with Crippen molar-refractivity contribution < 1.29 is 4.74 Å². The Hall–Kier alpha value is -1.62. The van der Waals surface area contributed by atoms with Gasteiger partial charge in [-0.25, -0.2) is 0 Å². The Labute approximate surface area is 107 Å². The lowest BCUT2D eigenvalue weighted by Gasteiger charge is -2.37. The molecule has 0 aromatic carbocycles. The van der Waals surface area contributed by atoms with Crippen LogP contribution in [0.15, 0.2) is 18.3 Å². The molecule has 1 aromatic rings. The summed E-state index contributed by atoms with van der Waals surface area (Å²) < 4.78 is 5.51. The van der Waals surface area contributed by atoms with Gasteiger partial charge in [0.15, 0.2) is 0 Å². The molecule has 3 N–H and O–H groups in total. The summed E-state index contributed by atoms with van der Waals surface area (Å²) in [5.74, 6) is 0.589. The average Bonchev–Trinajstić information content (AvgIpc) is 2.39. The van der Waals surface area contributed by atoms with Crippen molar-refractivity contribution in [2.45, 2.75) is 19.4 Å². The van der Waals surface area contributed by atoms with Gasteiger partial charge >= 0.3 is 0 Å². The molecule has 2 rings (SSSR count). The fourth-order valence-electron chi connectivity index (χ4n) is 2.34. The van der Waals surface area contributed by atoms with Crippen LogP contribution in [-0.4, -0.2) is 37.1 Å². The van der Waals surface area contributed by atoms with E-state index in [-0.39, 0.29) is 11.9 Å². The molecule has 0 radical (unpaired) electrons. The largest absolute Gasteiger partial charge is 0.382 e. The Kier molecular flexibility index (Phi) is 3.81. The van der Waals surface area contributed by atoms with Gasteiger partial charge in [0.2, 0.25) is 0 Å². The highest BCUT2D eigenvalue weighted by molar-refractivity contribution is 5.93. The van der Waals surface area contributed by atoms with Crippen molar-refractivity contribution in [3.05, 3.63) is 24.0 Å². The predicted molar refractivity (Wildman–Crippen MR) is 72.0 cm³/mol. The van der Waals surface area contributed by atoms with Crippen LogP contribution >= 0.6 is 0 Å². The zero-order valence-corrected chi connectivity index (χ0v) is 10.9. The number of pyridine rings is 1. The number of nitrogen functional groups attached to an aromatic ring is 1. The van der Waals surface area contributed by atoms with E-state index in [1.165, 1.54) is 0 Å². The molecule has 0 spiro atoms. The van der Waals surface area contributed by atoms with Gasteiger partial charge in [-0.15, -0.1) is 0 Å². The van der Waals surface area contributed by atoms with Crippen molar-refractivity contribution in [2.75, 3.05) is 25.1 Å². The first-order chi connectivity index (χ1) is 8.61. The molecule has 1 aliphatic rings. The number of ether oxygens (including phenoxy) is 1. The fourth-order valence-corrected chi connectivity index (χ4v) is 2.34. The molecule has 5 heteroatoms. The Balaban J connectivity index is 2.16. The van der Waals surface area contributed by atoms with Crippen molar-refractivity contribution >= 4 is 11.5 Å². The minimum absolute atomic E-state index is 0.00511. The number of piperidine rings is 1. The van der Waals surface area contributed by atoms with Crippen LogP contribution in [0, 0.1) is 11.3 Å². The van der Waals surface area contributed by atoms with E-state index in [4.69, 9.17) is 15.9 Å². The standard InChI is InChI=1S/C13H20N4O/c1-9-4-6-17(8-12(9)18-2)10-3-5-16-11(7-10)13(14)15/h3,5,7,9,12H,4,6,8H2,1-2H3,(H3,14,15). The first-order valence-corrected chi connectivity index (χ1v) is 6.20. The zero-order valence-electron chi connectivity index (χ0n) is 10.9. The Morgan fingerprint density at radius 2 is 2.39 bits per heavy atom. The van der Waals surface area contributed by atoms with Gasteiger partial charge in [0.25, 0.3) is 0 Å². The van der Waals surface area contributed by atoms with Crippen LogP contribution in [0.1, 0.15) is 19.0 Å². The van der Waals surface area contributed by atoms with Crippen LogP contribution in [0.2, 0.25) is 0 Å². The molecular weight excluding hydrogens is 228 g/mol. The van der Waals surface area contributed by atoms with Gasteiger partial charge in [0.1, 0.15) is 11.5 Å². The molecule has 0 aliphatic carbocycles. The molecule has 5 nitrogen and oxygen atoms in total. The lowest BCUT2D eigenvalue weighted by atomic mass is 9.95. The van der Waals surface area contributed by atoms with Gasteiger partial charge in [-0.1, -0.05) is 6.92 Å². The zero-order chi connectivity index (χ0) is 13.1. The van der Waals surface area contributed by atoms with Crippen molar-refractivity contribution in [3.8, 4) is 0 Å². The molecule has 18 heavy (non-hydrogen) atoms. The first kappa shape index (κ1) is 12.8. The topological polar surface area (TPSA) is 75.2 Å². The molecule has 1 aromatic heterocycles. The van der Waals surface area contributed by atoms with Crippen molar-refractivity contribution in [2.24, 2.45) is 11.7 Å². The SMILES string of the molecule is COC1CN(c2ccnc(C(=N)N)c2)CCC1C. The molecular formula is C13H20N4O. The molecule has 2 unspecified atom stereocenters. The molecule has 1 aliphatic heterocycles.